The van der Waals surface area contributed by atoms with Crippen molar-refractivity contribution in [2.24, 2.45) is 0 Å². The average Bonchev–Trinajstić information content (AvgIpc) is 3.05. The molecule has 0 atom stereocenters. The number of aromatic amines is 1. The first-order chi connectivity index (χ1) is 11.2. The van der Waals surface area contributed by atoms with E-state index in [1.54, 1.807) is 11.0 Å². The van der Waals surface area contributed by atoms with Crippen LogP contribution in [0.4, 0.5) is 4.79 Å². The first kappa shape index (κ1) is 15.5. The fraction of sp³-hybridized carbons (Fsp3) is 0.471. The van der Waals surface area contributed by atoms with Gasteiger partial charge in [-0.1, -0.05) is 25.0 Å². The average molecular weight is 314 g/mol. The summed E-state index contributed by atoms with van der Waals surface area (Å²) in [5, 5.41) is 3.63. The maximum absolute atomic E-state index is 12.4. The van der Waals surface area contributed by atoms with Crippen LogP contribution in [0.25, 0.3) is 10.9 Å². The lowest BCUT2D eigenvalue weighted by atomic mass is 10.2. The van der Waals surface area contributed by atoms with Gasteiger partial charge in [-0.05, 0) is 31.9 Å². The normalized spacial score (nSPS) is 15.0. The number of nitrogens with one attached hydrogen (secondary N) is 2. The minimum absolute atomic E-state index is 0.0878. The molecule has 1 aliphatic carbocycles. The molecule has 0 bridgehead atoms. The molecule has 0 saturated heterocycles. The number of amides is 2. The third-order valence-electron chi connectivity index (χ3n) is 4.35. The summed E-state index contributed by atoms with van der Waals surface area (Å²) in [6.07, 6.45) is 4.45. The van der Waals surface area contributed by atoms with Crippen molar-refractivity contribution < 1.29 is 4.79 Å². The van der Waals surface area contributed by atoms with Crippen molar-refractivity contribution in [3.63, 3.8) is 0 Å². The monoisotopic (exact) mass is 314 g/mol. The lowest BCUT2D eigenvalue weighted by Crippen LogP contribution is -2.44. The molecule has 0 unspecified atom stereocenters. The number of rotatable bonds is 4. The van der Waals surface area contributed by atoms with Crippen molar-refractivity contribution in [2.45, 2.75) is 45.2 Å². The van der Waals surface area contributed by atoms with E-state index in [2.05, 4.69) is 15.3 Å². The summed E-state index contributed by atoms with van der Waals surface area (Å²) in [7, 11) is 0. The van der Waals surface area contributed by atoms with Gasteiger partial charge in [0.25, 0.3) is 5.56 Å². The van der Waals surface area contributed by atoms with Crippen LogP contribution in [0.3, 0.4) is 0 Å². The molecule has 1 saturated carbocycles. The van der Waals surface area contributed by atoms with Gasteiger partial charge in [-0.25, -0.2) is 9.78 Å². The predicted molar refractivity (Wildman–Crippen MR) is 89.2 cm³/mol. The second-order valence-electron chi connectivity index (χ2n) is 5.97. The van der Waals surface area contributed by atoms with E-state index in [-0.39, 0.29) is 17.6 Å². The zero-order valence-electron chi connectivity index (χ0n) is 13.3. The molecule has 1 fully saturated rings. The molecule has 23 heavy (non-hydrogen) atoms. The van der Waals surface area contributed by atoms with Crippen molar-refractivity contribution >= 4 is 16.9 Å². The summed E-state index contributed by atoms with van der Waals surface area (Å²) in [5.74, 6) is 0.511. The van der Waals surface area contributed by atoms with Gasteiger partial charge in [-0.15, -0.1) is 0 Å². The molecule has 1 heterocycles. The van der Waals surface area contributed by atoms with Gasteiger partial charge >= 0.3 is 6.03 Å². The zero-order chi connectivity index (χ0) is 16.2. The number of H-pyrrole nitrogens is 1. The molecule has 0 aliphatic heterocycles. The highest BCUT2D eigenvalue weighted by Crippen LogP contribution is 2.18. The number of para-hydroxylation sites is 1. The van der Waals surface area contributed by atoms with Gasteiger partial charge in [0.1, 0.15) is 5.82 Å². The maximum atomic E-state index is 12.4. The van der Waals surface area contributed by atoms with Crippen LogP contribution in [0.2, 0.25) is 0 Å². The lowest BCUT2D eigenvalue weighted by Gasteiger charge is -2.23. The Hall–Kier alpha value is -2.37. The Morgan fingerprint density at radius 3 is 2.83 bits per heavy atom. The summed E-state index contributed by atoms with van der Waals surface area (Å²) in [6.45, 7) is 2.79. The highest BCUT2D eigenvalue weighted by molar-refractivity contribution is 5.77. The second kappa shape index (κ2) is 6.81. The molecular formula is C17H22N4O2. The third-order valence-corrected chi connectivity index (χ3v) is 4.35. The number of fused-ring (bicyclic) bond motifs is 1. The molecule has 1 aromatic heterocycles. The van der Waals surface area contributed by atoms with Gasteiger partial charge < -0.3 is 15.2 Å². The highest BCUT2D eigenvalue weighted by Gasteiger charge is 2.20. The molecule has 1 aliphatic rings. The fourth-order valence-electron chi connectivity index (χ4n) is 3.05. The highest BCUT2D eigenvalue weighted by atomic mass is 16.2. The minimum atomic E-state index is -0.169. The number of benzene rings is 1. The summed E-state index contributed by atoms with van der Waals surface area (Å²) in [4.78, 5) is 33.4. The van der Waals surface area contributed by atoms with Crippen LogP contribution < -0.4 is 10.9 Å². The Morgan fingerprint density at radius 2 is 2.09 bits per heavy atom. The quantitative estimate of drug-likeness (QED) is 0.909. The number of hydrogen-bond acceptors (Lipinski definition) is 3. The van der Waals surface area contributed by atoms with Gasteiger partial charge in [0.05, 0.1) is 17.4 Å². The Balaban J connectivity index is 1.75. The number of hydrogen-bond donors (Lipinski definition) is 2. The summed E-state index contributed by atoms with van der Waals surface area (Å²) < 4.78 is 0. The fourth-order valence-corrected chi connectivity index (χ4v) is 3.05. The van der Waals surface area contributed by atoms with Crippen LogP contribution in [-0.4, -0.2) is 33.5 Å². The Labute approximate surface area is 134 Å². The standard InChI is InChI=1S/C17H22N4O2/c1-2-21(17(23)18-12-7-3-4-8-12)11-15-19-14-10-6-5-9-13(14)16(22)20-15/h5-6,9-10,12H,2-4,7-8,11H2,1H3,(H,18,23)(H,19,20,22). The molecule has 3 rings (SSSR count). The smallest absolute Gasteiger partial charge is 0.318 e. The van der Waals surface area contributed by atoms with Crippen molar-refractivity contribution in [3.05, 3.63) is 40.4 Å². The van der Waals surface area contributed by atoms with Crippen LogP contribution in [-0.2, 0) is 6.54 Å². The van der Waals surface area contributed by atoms with E-state index in [1.807, 2.05) is 25.1 Å². The Bertz CT molecular complexity index is 750. The van der Waals surface area contributed by atoms with Crippen molar-refractivity contribution in [3.8, 4) is 0 Å². The molecule has 6 heteroatoms. The van der Waals surface area contributed by atoms with E-state index in [1.165, 1.54) is 12.8 Å². The Morgan fingerprint density at radius 1 is 1.35 bits per heavy atom. The number of aromatic nitrogens is 2. The molecule has 2 amide bonds. The van der Waals surface area contributed by atoms with Crippen LogP contribution >= 0.6 is 0 Å². The van der Waals surface area contributed by atoms with Crippen LogP contribution in [0.1, 0.15) is 38.4 Å². The number of nitrogens with zero attached hydrogens (tertiary/aromatic N) is 2. The summed E-state index contributed by atoms with van der Waals surface area (Å²) >= 11 is 0. The molecule has 2 aromatic rings. The molecular weight excluding hydrogens is 292 g/mol. The molecule has 1 aromatic carbocycles. The first-order valence-corrected chi connectivity index (χ1v) is 8.20. The SMILES string of the molecule is CCN(Cc1nc2ccccc2c(=O)[nH]1)C(=O)NC1CCCC1. The largest absolute Gasteiger partial charge is 0.335 e. The molecule has 2 N–H and O–H groups in total. The second-order valence-corrected chi connectivity index (χ2v) is 5.97. The van der Waals surface area contributed by atoms with E-state index in [0.29, 0.717) is 29.8 Å². The van der Waals surface area contributed by atoms with Gasteiger partial charge in [-0.3, -0.25) is 4.79 Å². The summed E-state index contributed by atoms with van der Waals surface area (Å²) in [5.41, 5.74) is 0.483. The van der Waals surface area contributed by atoms with Crippen LogP contribution in [0.15, 0.2) is 29.1 Å². The van der Waals surface area contributed by atoms with Gasteiger partial charge in [0, 0.05) is 12.6 Å². The zero-order valence-corrected chi connectivity index (χ0v) is 13.3. The van der Waals surface area contributed by atoms with Gasteiger partial charge in [0.15, 0.2) is 0 Å². The maximum Gasteiger partial charge on any atom is 0.318 e. The van der Waals surface area contributed by atoms with Crippen molar-refractivity contribution in [2.75, 3.05) is 6.54 Å². The van der Waals surface area contributed by atoms with E-state index in [4.69, 9.17) is 0 Å². The first-order valence-electron chi connectivity index (χ1n) is 8.20. The van der Waals surface area contributed by atoms with E-state index < -0.39 is 0 Å². The number of urea groups is 1. The third kappa shape index (κ3) is 3.52. The molecule has 0 radical (unpaired) electrons. The van der Waals surface area contributed by atoms with E-state index >= 15 is 0 Å². The molecule has 122 valence electrons. The van der Waals surface area contributed by atoms with Gasteiger partial charge in [0.2, 0.25) is 0 Å². The Kier molecular flexibility index (Phi) is 4.60. The molecule has 6 nitrogen and oxygen atoms in total. The lowest BCUT2D eigenvalue weighted by molar-refractivity contribution is 0.192. The van der Waals surface area contributed by atoms with Crippen molar-refractivity contribution in [1.82, 2.24) is 20.2 Å². The van der Waals surface area contributed by atoms with E-state index in [9.17, 15) is 9.59 Å². The number of carbonyl (C=O) groups excluding carboxylic acids is 1. The number of carbonyl (C=O) groups is 1. The topological polar surface area (TPSA) is 78.1 Å². The molecule has 0 spiro atoms. The van der Waals surface area contributed by atoms with Crippen molar-refractivity contribution in [1.29, 1.82) is 0 Å². The predicted octanol–water partition coefficient (Wildman–Crippen LogP) is 2.40. The van der Waals surface area contributed by atoms with E-state index in [0.717, 1.165) is 12.8 Å². The summed E-state index contributed by atoms with van der Waals surface area (Å²) in [6, 6.07) is 7.41. The van der Waals surface area contributed by atoms with Crippen LogP contribution in [0.5, 0.6) is 0 Å². The van der Waals surface area contributed by atoms with Gasteiger partial charge in [-0.2, -0.15) is 0 Å². The van der Waals surface area contributed by atoms with Crippen LogP contribution in [0, 0.1) is 0 Å². The minimum Gasteiger partial charge on any atom is -0.335 e.